The van der Waals surface area contributed by atoms with Crippen LogP contribution < -0.4 is 9.47 Å². The summed E-state index contributed by atoms with van der Waals surface area (Å²) >= 11 is 0. The van der Waals surface area contributed by atoms with Crippen LogP contribution in [-0.4, -0.2) is 42.0 Å². The number of carbonyl (C=O) groups is 2. The second-order valence-corrected chi connectivity index (χ2v) is 9.52. The third kappa shape index (κ3) is 8.10. The molecule has 2 aromatic carbocycles. The Morgan fingerprint density at radius 1 is 0.811 bits per heavy atom. The Kier molecular flexibility index (Phi) is 10.6. The summed E-state index contributed by atoms with van der Waals surface area (Å²) in [6.45, 7) is 5.62. The lowest BCUT2D eigenvalue weighted by Crippen LogP contribution is -2.14. The van der Waals surface area contributed by atoms with E-state index in [9.17, 15) is 14.0 Å². The first-order chi connectivity index (χ1) is 17.8. The summed E-state index contributed by atoms with van der Waals surface area (Å²) in [6.07, 6.45) is 7.31. The van der Waals surface area contributed by atoms with E-state index in [0.717, 1.165) is 31.2 Å². The maximum absolute atomic E-state index is 12.4. The fraction of sp³-hybridized carbons (Fsp3) is 0.400. The number of hydrogen-bond donors (Lipinski definition) is 2. The van der Waals surface area contributed by atoms with Gasteiger partial charge in [-0.05, 0) is 72.8 Å². The van der Waals surface area contributed by atoms with Crippen molar-refractivity contribution in [2.45, 2.75) is 50.9 Å². The van der Waals surface area contributed by atoms with Crippen LogP contribution in [0.2, 0.25) is 0 Å². The van der Waals surface area contributed by atoms with Gasteiger partial charge in [0.25, 0.3) is 0 Å². The number of hydrogen-bond acceptors (Lipinski definition) is 6. The molecule has 37 heavy (non-hydrogen) atoms. The predicted octanol–water partition coefficient (Wildman–Crippen LogP) is 5.68. The lowest BCUT2D eigenvalue weighted by molar-refractivity contribution is -0.131. The number of carbonyl (C=O) groups excluding carboxylic acids is 2. The molecule has 1 aliphatic carbocycles. The first kappa shape index (κ1) is 28.3. The Morgan fingerprint density at radius 2 is 1.35 bits per heavy atom. The van der Waals surface area contributed by atoms with Crippen LogP contribution in [-0.2, 0) is 9.59 Å². The summed E-state index contributed by atoms with van der Waals surface area (Å²) in [6, 6.07) is 12.8. The molecule has 0 spiro atoms. The molecular formula is C30H35FO6. The minimum Gasteiger partial charge on any atom is -0.423 e. The van der Waals surface area contributed by atoms with E-state index in [4.69, 9.17) is 19.7 Å². The van der Waals surface area contributed by atoms with Gasteiger partial charge in [0.1, 0.15) is 11.5 Å². The van der Waals surface area contributed by atoms with E-state index in [0.29, 0.717) is 23.8 Å². The number of alkyl halides is 1. The minimum absolute atomic E-state index is 0.112. The van der Waals surface area contributed by atoms with Crippen molar-refractivity contribution in [1.29, 1.82) is 0 Å². The van der Waals surface area contributed by atoms with Crippen molar-refractivity contribution in [2.75, 3.05) is 19.9 Å². The van der Waals surface area contributed by atoms with Gasteiger partial charge in [0.05, 0.1) is 31.0 Å². The third-order valence-electron chi connectivity index (χ3n) is 6.82. The van der Waals surface area contributed by atoms with Crippen molar-refractivity contribution < 1.29 is 33.7 Å². The van der Waals surface area contributed by atoms with Gasteiger partial charge < -0.3 is 19.7 Å². The third-order valence-corrected chi connectivity index (χ3v) is 6.82. The highest BCUT2D eigenvalue weighted by molar-refractivity contribution is 5.91. The first-order valence-corrected chi connectivity index (χ1v) is 12.7. The molecule has 0 heterocycles. The highest BCUT2D eigenvalue weighted by atomic mass is 19.1. The monoisotopic (exact) mass is 510 g/mol. The van der Waals surface area contributed by atoms with Crippen molar-refractivity contribution >= 4 is 11.9 Å². The molecule has 0 radical (unpaired) electrons. The predicted molar refractivity (Wildman–Crippen MR) is 140 cm³/mol. The summed E-state index contributed by atoms with van der Waals surface area (Å²) in [7, 11) is 0. The minimum atomic E-state index is -0.799. The van der Waals surface area contributed by atoms with Crippen LogP contribution in [0.15, 0.2) is 66.8 Å². The number of esters is 2. The van der Waals surface area contributed by atoms with Gasteiger partial charge in [-0.15, -0.1) is 0 Å². The Hall–Kier alpha value is -3.29. The highest BCUT2D eigenvalue weighted by Gasteiger charge is 2.22. The van der Waals surface area contributed by atoms with Crippen LogP contribution in [0.3, 0.4) is 0 Å². The second-order valence-electron chi connectivity index (χ2n) is 9.52. The fourth-order valence-corrected chi connectivity index (χ4v) is 4.60. The summed E-state index contributed by atoms with van der Waals surface area (Å²) < 4.78 is 23.0. The van der Waals surface area contributed by atoms with Crippen LogP contribution in [0.1, 0.15) is 56.4 Å². The maximum atomic E-state index is 12.4. The van der Waals surface area contributed by atoms with E-state index in [-0.39, 0.29) is 29.3 Å². The standard InChI is InChI=1S/C30H35FO6/c1-20(18-32)29(34)36-27-15-26(16-28(17-27)37-30(35)21(2)19-33)25-12-10-24(11-13-25)23-8-6-22(7-9-23)5-3-4-14-31/h10-13,15-17,22-23,32-33H,1-9,14,18-19H2. The zero-order valence-corrected chi connectivity index (χ0v) is 21.1. The summed E-state index contributed by atoms with van der Waals surface area (Å²) in [4.78, 5) is 24.3. The van der Waals surface area contributed by atoms with Crippen LogP contribution in [0.25, 0.3) is 11.1 Å². The molecule has 0 atom stereocenters. The van der Waals surface area contributed by atoms with E-state index in [1.807, 2.05) is 12.1 Å². The number of ether oxygens (including phenoxy) is 2. The molecule has 0 amide bonds. The lowest BCUT2D eigenvalue weighted by atomic mass is 9.77. The molecule has 3 rings (SSSR count). The van der Waals surface area contributed by atoms with E-state index < -0.39 is 25.2 Å². The summed E-state index contributed by atoms with van der Waals surface area (Å²) in [5.74, 6) is -0.184. The molecule has 2 N–H and O–H groups in total. The van der Waals surface area contributed by atoms with Crippen molar-refractivity contribution in [3.8, 4) is 22.6 Å². The van der Waals surface area contributed by atoms with Gasteiger partial charge in [-0.3, -0.25) is 4.39 Å². The zero-order chi connectivity index (χ0) is 26.8. The zero-order valence-electron chi connectivity index (χ0n) is 21.1. The average Bonchev–Trinajstić information content (AvgIpc) is 2.92. The van der Waals surface area contributed by atoms with Gasteiger partial charge in [-0.25, -0.2) is 9.59 Å². The molecule has 6 nitrogen and oxygen atoms in total. The van der Waals surface area contributed by atoms with Gasteiger partial charge in [0.2, 0.25) is 0 Å². The van der Waals surface area contributed by atoms with Crippen molar-refractivity contribution in [3.63, 3.8) is 0 Å². The molecule has 1 aliphatic rings. The first-order valence-electron chi connectivity index (χ1n) is 12.7. The molecule has 0 aliphatic heterocycles. The molecule has 1 fully saturated rings. The number of halogens is 1. The Bertz CT molecular complexity index is 1050. The Morgan fingerprint density at radius 3 is 1.84 bits per heavy atom. The van der Waals surface area contributed by atoms with Crippen molar-refractivity contribution in [3.05, 3.63) is 72.3 Å². The largest absolute Gasteiger partial charge is 0.423 e. The van der Waals surface area contributed by atoms with Crippen LogP contribution in [0.5, 0.6) is 11.5 Å². The van der Waals surface area contributed by atoms with Crippen molar-refractivity contribution in [2.24, 2.45) is 5.92 Å². The molecule has 2 aromatic rings. The van der Waals surface area contributed by atoms with Gasteiger partial charge in [0, 0.05) is 6.07 Å². The SMILES string of the molecule is C=C(CO)C(=O)Oc1cc(OC(=O)C(=C)CO)cc(-c2ccc(C3CCC(CCCCF)CC3)cc2)c1. The van der Waals surface area contributed by atoms with Crippen LogP contribution in [0.4, 0.5) is 4.39 Å². The van der Waals surface area contributed by atoms with E-state index in [1.54, 1.807) is 12.1 Å². The number of unbranched alkanes of at least 4 members (excludes halogenated alkanes) is 1. The van der Waals surface area contributed by atoms with Crippen LogP contribution in [0, 0.1) is 5.92 Å². The highest BCUT2D eigenvalue weighted by Crippen LogP contribution is 2.39. The maximum Gasteiger partial charge on any atom is 0.341 e. The molecule has 0 saturated heterocycles. The normalized spacial score (nSPS) is 17.2. The number of rotatable bonds is 12. The summed E-state index contributed by atoms with van der Waals surface area (Å²) in [5, 5.41) is 18.3. The number of benzene rings is 2. The van der Waals surface area contributed by atoms with E-state index in [2.05, 4.69) is 25.3 Å². The molecule has 7 heteroatoms. The summed E-state index contributed by atoms with van der Waals surface area (Å²) in [5.41, 5.74) is 2.53. The molecule has 198 valence electrons. The fourth-order valence-electron chi connectivity index (χ4n) is 4.60. The van der Waals surface area contributed by atoms with Gasteiger partial charge in [-0.2, -0.15) is 0 Å². The second kappa shape index (κ2) is 13.9. The number of aliphatic hydroxyl groups is 2. The van der Waals surface area contributed by atoms with Gasteiger partial charge in [0.15, 0.2) is 0 Å². The quantitative estimate of drug-likeness (QED) is 0.165. The molecule has 0 unspecified atom stereocenters. The van der Waals surface area contributed by atoms with E-state index in [1.165, 1.54) is 24.5 Å². The average molecular weight is 511 g/mol. The molecule has 1 saturated carbocycles. The molecular weight excluding hydrogens is 475 g/mol. The molecule has 0 aromatic heterocycles. The number of aliphatic hydroxyl groups excluding tert-OH is 2. The Labute approximate surface area is 217 Å². The Balaban J connectivity index is 1.77. The van der Waals surface area contributed by atoms with Gasteiger partial charge >= 0.3 is 11.9 Å². The lowest BCUT2D eigenvalue weighted by Gasteiger charge is -2.29. The topological polar surface area (TPSA) is 93.1 Å². The van der Waals surface area contributed by atoms with Gasteiger partial charge in [-0.1, -0.05) is 50.3 Å². The van der Waals surface area contributed by atoms with Crippen LogP contribution >= 0.6 is 0 Å². The molecule has 0 bridgehead atoms. The van der Waals surface area contributed by atoms with Crippen molar-refractivity contribution in [1.82, 2.24) is 0 Å². The van der Waals surface area contributed by atoms with E-state index >= 15 is 0 Å². The smallest absolute Gasteiger partial charge is 0.341 e.